The molecule has 0 saturated carbocycles. The van der Waals surface area contributed by atoms with Gasteiger partial charge >= 0.3 is 0 Å². The molecule has 2 heterocycles. The van der Waals surface area contributed by atoms with Gasteiger partial charge in [-0.15, -0.1) is 0 Å². The van der Waals surface area contributed by atoms with Gasteiger partial charge in [0.2, 0.25) is 0 Å². The molecule has 1 N–H and O–H groups in total. The van der Waals surface area contributed by atoms with Crippen LogP contribution in [0.1, 0.15) is 17.0 Å². The molecular formula is C23H16ClF2N3O2S. The maximum atomic E-state index is 13.6. The summed E-state index contributed by atoms with van der Waals surface area (Å²) in [5.74, 6) is -2.24. The molecule has 3 aromatic rings. The number of benzene rings is 2. The number of carbonyl (C=O) groups is 2. The highest BCUT2D eigenvalue weighted by Crippen LogP contribution is 2.27. The first-order chi connectivity index (χ1) is 15.2. The Kier molecular flexibility index (Phi) is 5.66. The number of halogens is 3. The Labute approximate surface area is 192 Å². The van der Waals surface area contributed by atoms with E-state index in [2.05, 4.69) is 5.32 Å². The molecule has 4 rings (SSSR count). The molecule has 0 atom stereocenters. The second-order valence-corrected chi connectivity index (χ2v) is 7.99. The van der Waals surface area contributed by atoms with Crippen molar-refractivity contribution < 1.29 is 18.4 Å². The zero-order chi connectivity index (χ0) is 23.2. The molecule has 1 aliphatic heterocycles. The normalized spacial score (nSPS) is 15.5. The summed E-state index contributed by atoms with van der Waals surface area (Å²) in [6, 6.07) is 11.4. The van der Waals surface area contributed by atoms with Crippen molar-refractivity contribution in [3.63, 3.8) is 0 Å². The van der Waals surface area contributed by atoms with Crippen molar-refractivity contribution in [2.45, 2.75) is 13.8 Å². The van der Waals surface area contributed by atoms with E-state index in [1.807, 2.05) is 18.4 Å². The predicted molar refractivity (Wildman–Crippen MR) is 123 cm³/mol. The largest absolute Gasteiger partial charge is 0.318 e. The lowest BCUT2D eigenvalue weighted by molar-refractivity contribution is -0.122. The molecule has 2 amide bonds. The predicted octanol–water partition coefficient (Wildman–Crippen LogP) is 4.86. The Hall–Kier alpha value is -3.36. The maximum absolute atomic E-state index is 13.6. The van der Waals surface area contributed by atoms with E-state index in [-0.39, 0.29) is 15.7 Å². The molecule has 0 radical (unpaired) electrons. The van der Waals surface area contributed by atoms with Gasteiger partial charge in [-0.2, -0.15) is 0 Å². The summed E-state index contributed by atoms with van der Waals surface area (Å²) in [6.45, 7) is 3.65. The van der Waals surface area contributed by atoms with Gasteiger partial charge in [-0.3, -0.25) is 19.8 Å². The van der Waals surface area contributed by atoms with E-state index >= 15 is 0 Å². The van der Waals surface area contributed by atoms with Gasteiger partial charge in [-0.25, -0.2) is 8.78 Å². The number of aryl methyl sites for hydroxylation is 1. The lowest BCUT2D eigenvalue weighted by Gasteiger charge is -2.28. The third kappa shape index (κ3) is 3.83. The average molecular weight is 472 g/mol. The fourth-order valence-electron chi connectivity index (χ4n) is 3.59. The zero-order valence-electron chi connectivity index (χ0n) is 16.9. The molecule has 1 saturated heterocycles. The van der Waals surface area contributed by atoms with Crippen LogP contribution in [0.25, 0.3) is 11.8 Å². The van der Waals surface area contributed by atoms with Crippen molar-refractivity contribution >= 4 is 52.5 Å². The summed E-state index contributed by atoms with van der Waals surface area (Å²) in [5.41, 5.74) is 2.99. The molecule has 9 heteroatoms. The minimum absolute atomic E-state index is 0.0137. The van der Waals surface area contributed by atoms with E-state index in [1.54, 1.807) is 12.1 Å². The van der Waals surface area contributed by atoms with Crippen LogP contribution in [0.5, 0.6) is 0 Å². The monoisotopic (exact) mass is 471 g/mol. The van der Waals surface area contributed by atoms with Crippen LogP contribution >= 0.6 is 23.8 Å². The van der Waals surface area contributed by atoms with Crippen LogP contribution in [0.4, 0.5) is 14.5 Å². The number of nitrogens with one attached hydrogen (secondary N) is 1. The maximum Gasteiger partial charge on any atom is 0.270 e. The van der Waals surface area contributed by atoms with Crippen molar-refractivity contribution in [1.82, 2.24) is 9.88 Å². The third-order valence-corrected chi connectivity index (χ3v) is 5.69. The molecule has 0 bridgehead atoms. The molecule has 0 unspecified atom stereocenters. The van der Waals surface area contributed by atoms with Crippen LogP contribution in [-0.2, 0) is 9.59 Å². The Bertz CT molecular complexity index is 1320. The van der Waals surface area contributed by atoms with Gasteiger partial charge in [0.05, 0.1) is 10.7 Å². The number of anilines is 1. The highest BCUT2D eigenvalue weighted by molar-refractivity contribution is 7.80. The van der Waals surface area contributed by atoms with Crippen LogP contribution in [0.15, 0.2) is 54.1 Å². The molecule has 2 aromatic carbocycles. The van der Waals surface area contributed by atoms with E-state index in [1.165, 1.54) is 42.5 Å². The minimum Gasteiger partial charge on any atom is -0.318 e. The van der Waals surface area contributed by atoms with Crippen LogP contribution in [0.3, 0.4) is 0 Å². The van der Waals surface area contributed by atoms with Crippen molar-refractivity contribution in [3.8, 4) is 5.69 Å². The first-order valence-electron chi connectivity index (χ1n) is 9.49. The Morgan fingerprint density at radius 3 is 2.31 bits per heavy atom. The topological polar surface area (TPSA) is 54.3 Å². The standard InChI is InChI=1S/C23H16ClF2N3O2S/c1-12-9-14(13(2)28(12)17-7-8-20(26)19(24)11-17)10-18-21(30)27-23(32)29(22(18)31)16-5-3-15(25)4-6-16/h3-11H,1-2H3,(H,27,30,32)/b18-10-. The van der Waals surface area contributed by atoms with Crippen LogP contribution < -0.4 is 10.2 Å². The van der Waals surface area contributed by atoms with Gasteiger partial charge in [0.15, 0.2) is 5.11 Å². The minimum atomic E-state index is -0.631. The van der Waals surface area contributed by atoms with E-state index in [0.29, 0.717) is 16.9 Å². The molecule has 0 spiro atoms. The SMILES string of the molecule is Cc1cc(/C=C2/C(=O)NC(=S)N(c3ccc(F)cc3)C2=O)c(C)n1-c1ccc(F)c(Cl)c1. The van der Waals surface area contributed by atoms with Gasteiger partial charge in [0.25, 0.3) is 11.8 Å². The van der Waals surface area contributed by atoms with Gasteiger partial charge in [-0.1, -0.05) is 11.6 Å². The lowest BCUT2D eigenvalue weighted by Crippen LogP contribution is -2.54. The first kappa shape index (κ1) is 21.9. The lowest BCUT2D eigenvalue weighted by atomic mass is 10.1. The molecule has 1 aliphatic rings. The van der Waals surface area contributed by atoms with Crippen molar-refractivity contribution in [2.24, 2.45) is 0 Å². The highest BCUT2D eigenvalue weighted by atomic mass is 35.5. The van der Waals surface area contributed by atoms with E-state index in [9.17, 15) is 18.4 Å². The van der Waals surface area contributed by atoms with E-state index in [0.717, 1.165) is 16.3 Å². The molecular weight excluding hydrogens is 456 g/mol. The Morgan fingerprint density at radius 2 is 1.66 bits per heavy atom. The number of hydrogen-bond acceptors (Lipinski definition) is 3. The highest BCUT2D eigenvalue weighted by Gasteiger charge is 2.34. The van der Waals surface area contributed by atoms with Crippen LogP contribution in [0, 0.1) is 25.5 Å². The number of nitrogens with zero attached hydrogens (tertiary/aromatic N) is 2. The van der Waals surface area contributed by atoms with Crippen molar-refractivity contribution in [1.29, 1.82) is 0 Å². The fraction of sp³-hybridized carbons (Fsp3) is 0.0870. The third-order valence-electron chi connectivity index (χ3n) is 5.12. The van der Waals surface area contributed by atoms with Gasteiger partial charge in [-0.05, 0) is 86.2 Å². The summed E-state index contributed by atoms with van der Waals surface area (Å²) in [5, 5.41) is 2.40. The quantitative estimate of drug-likeness (QED) is 0.337. The summed E-state index contributed by atoms with van der Waals surface area (Å²) in [7, 11) is 0. The molecule has 32 heavy (non-hydrogen) atoms. The molecule has 1 fully saturated rings. The molecule has 162 valence electrons. The van der Waals surface area contributed by atoms with E-state index < -0.39 is 23.4 Å². The molecule has 5 nitrogen and oxygen atoms in total. The number of aromatic nitrogens is 1. The summed E-state index contributed by atoms with van der Waals surface area (Å²) in [6.07, 6.45) is 1.47. The van der Waals surface area contributed by atoms with Crippen molar-refractivity contribution in [3.05, 3.63) is 87.7 Å². The van der Waals surface area contributed by atoms with Gasteiger partial charge in [0, 0.05) is 17.1 Å². The Balaban J connectivity index is 1.76. The summed E-state index contributed by atoms with van der Waals surface area (Å²) in [4.78, 5) is 26.8. The first-order valence-corrected chi connectivity index (χ1v) is 10.3. The average Bonchev–Trinajstić information content (AvgIpc) is 3.01. The second kappa shape index (κ2) is 8.29. The van der Waals surface area contributed by atoms with E-state index in [4.69, 9.17) is 23.8 Å². The fourth-order valence-corrected chi connectivity index (χ4v) is 4.05. The van der Waals surface area contributed by atoms with Crippen LogP contribution in [0.2, 0.25) is 5.02 Å². The Morgan fingerprint density at radius 1 is 1.00 bits per heavy atom. The van der Waals surface area contributed by atoms with Gasteiger partial charge < -0.3 is 4.57 Å². The van der Waals surface area contributed by atoms with Crippen molar-refractivity contribution in [2.75, 3.05) is 4.90 Å². The number of carbonyl (C=O) groups excluding carboxylic acids is 2. The number of hydrogen-bond donors (Lipinski definition) is 1. The second-order valence-electron chi connectivity index (χ2n) is 7.19. The molecule has 0 aliphatic carbocycles. The van der Waals surface area contributed by atoms with Crippen LogP contribution in [-0.4, -0.2) is 21.5 Å². The number of thiocarbonyl (C=S) groups is 1. The summed E-state index contributed by atoms with van der Waals surface area (Å²) >= 11 is 11.1. The van der Waals surface area contributed by atoms with Gasteiger partial charge in [0.1, 0.15) is 17.2 Å². The number of rotatable bonds is 3. The molecule has 1 aromatic heterocycles. The number of amides is 2. The smallest absolute Gasteiger partial charge is 0.270 e. The zero-order valence-corrected chi connectivity index (χ0v) is 18.5. The summed E-state index contributed by atoms with van der Waals surface area (Å²) < 4.78 is 28.7.